The summed E-state index contributed by atoms with van der Waals surface area (Å²) in [6, 6.07) is 14.9. The van der Waals surface area contributed by atoms with E-state index in [-0.39, 0.29) is 24.0 Å². The Morgan fingerprint density at radius 2 is 1.82 bits per heavy atom. The van der Waals surface area contributed by atoms with Crippen LogP contribution in [0.1, 0.15) is 28.8 Å². The first-order chi connectivity index (χ1) is 13.5. The Hall–Kier alpha value is -3.35. The maximum absolute atomic E-state index is 12.9. The van der Waals surface area contributed by atoms with Crippen molar-refractivity contribution in [2.45, 2.75) is 25.4 Å². The maximum Gasteiger partial charge on any atom is 0.335 e. The summed E-state index contributed by atoms with van der Waals surface area (Å²) in [4.78, 5) is 39.5. The number of nitrogens with one attached hydrogen (secondary N) is 1. The van der Waals surface area contributed by atoms with E-state index in [2.05, 4.69) is 5.32 Å². The second-order valence-corrected chi connectivity index (χ2v) is 6.76. The first-order valence-corrected chi connectivity index (χ1v) is 9.16. The zero-order chi connectivity index (χ0) is 20.1. The molecule has 0 aliphatic carbocycles. The SMILES string of the molecule is CN(C(=O)NCc1ccc(C(=O)O)cc1)C1CCCN(c2ccccc2)C1=O. The zero-order valence-corrected chi connectivity index (χ0v) is 15.7. The Morgan fingerprint density at radius 1 is 1.14 bits per heavy atom. The molecule has 146 valence electrons. The number of carbonyl (C=O) groups is 3. The number of piperidine rings is 1. The van der Waals surface area contributed by atoms with Gasteiger partial charge in [-0.15, -0.1) is 0 Å². The summed E-state index contributed by atoms with van der Waals surface area (Å²) in [6.45, 7) is 0.900. The van der Waals surface area contributed by atoms with Gasteiger partial charge in [-0.05, 0) is 42.7 Å². The number of carboxylic acids is 1. The minimum Gasteiger partial charge on any atom is -0.478 e. The van der Waals surface area contributed by atoms with Crippen molar-refractivity contribution in [3.63, 3.8) is 0 Å². The van der Waals surface area contributed by atoms with Crippen LogP contribution in [0.25, 0.3) is 0 Å². The maximum atomic E-state index is 12.9. The molecule has 0 saturated carbocycles. The van der Waals surface area contributed by atoms with Gasteiger partial charge < -0.3 is 20.2 Å². The van der Waals surface area contributed by atoms with Crippen molar-refractivity contribution in [1.82, 2.24) is 10.2 Å². The van der Waals surface area contributed by atoms with Gasteiger partial charge in [-0.3, -0.25) is 4.79 Å². The highest BCUT2D eigenvalue weighted by atomic mass is 16.4. The molecule has 1 atom stereocenters. The molecule has 2 aromatic carbocycles. The normalized spacial score (nSPS) is 16.5. The van der Waals surface area contributed by atoms with Gasteiger partial charge in [-0.2, -0.15) is 0 Å². The van der Waals surface area contributed by atoms with E-state index >= 15 is 0 Å². The van der Waals surface area contributed by atoms with Crippen LogP contribution in [-0.4, -0.2) is 47.5 Å². The van der Waals surface area contributed by atoms with Gasteiger partial charge in [0.25, 0.3) is 0 Å². The fourth-order valence-corrected chi connectivity index (χ4v) is 3.29. The summed E-state index contributed by atoms with van der Waals surface area (Å²) in [5, 5.41) is 11.7. The molecule has 3 rings (SSSR count). The fraction of sp³-hybridized carbons (Fsp3) is 0.286. The lowest BCUT2D eigenvalue weighted by Gasteiger charge is -2.36. The molecule has 1 aliphatic heterocycles. The van der Waals surface area contributed by atoms with Gasteiger partial charge in [0.2, 0.25) is 5.91 Å². The molecular weight excluding hydrogens is 358 g/mol. The molecule has 28 heavy (non-hydrogen) atoms. The van der Waals surface area contributed by atoms with E-state index in [0.717, 1.165) is 17.7 Å². The lowest BCUT2D eigenvalue weighted by atomic mass is 10.0. The van der Waals surface area contributed by atoms with Crippen molar-refractivity contribution in [2.24, 2.45) is 0 Å². The van der Waals surface area contributed by atoms with Crippen LogP contribution in [0, 0.1) is 0 Å². The average molecular weight is 381 g/mol. The smallest absolute Gasteiger partial charge is 0.335 e. The predicted octanol–water partition coefficient (Wildman–Crippen LogP) is 2.72. The average Bonchev–Trinajstić information content (AvgIpc) is 2.72. The first kappa shape index (κ1) is 19.4. The number of rotatable bonds is 5. The number of hydrogen-bond donors (Lipinski definition) is 2. The number of urea groups is 1. The summed E-state index contributed by atoms with van der Waals surface area (Å²) in [7, 11) is 1.62. The lowest BCUT2D eigenvalue weighted by molar-refractivity contribution is -0.123. The lowest BCUT2D eigenvalue weighted by Crippen LogP contribution is -2.55. The molecule has 2 aromatic rings. The second kappa shape index (κ2) is 8.56. The molecule has 0 spiro atoms. The molecule has 7 heteroatoms. The van der Waals surface area contributed by atoms with Crippen LogP contribution in [0.5, 0.6) is 0 Å². The summed E-state index contributed by atoms with van der Waals surface area (Å²) in [5.41, 5.74) is 1.82. The van der Waals surface area contributed by atoms with Crippen molar-refractivity contribution in [3.8, 4) is 0 Å². The zero-order valence-electron chi connectivity index (χ0n) is 15.7. The van der Waals surface area contributed by atoms with Gasteiger partial charge >= 0.3 is 12.0 Å². The van der Waals surface area contributed by atoms with E-state index in [9.17, 15) is 14.4 Å². The first-order valence-electron chi connectivity index (χ1n) is 9.16. The van der Waals surface area contributed by atoms with E-state index in [1.165, 1.54) is 17.0 Å². The third-order valence-electron chi connectivity index (χ3n) is 4.91. The van der Waals surface area contributed by atoms with Crippen LogP contribution in [0.15, 0.2) is 54.6 Å². The van der Waals surface area contributed by atoms with E-state index in [1.807, 2.05) is 30.3 Å². The topological polar surface area (TPSA) is 89.9 Å². The Kier molecular flexibility index (Phi) is 5.93. The highest BCUT2D eigenvalue weighted by Gasteiger charge is 2.34. The largest absolute Gasteiger partial charge is 0.478 e. The van der Waals surface area contributed by atoms with E-state index < -0.39 is 12.0 Å². The number of amides is 3. The van der Waals surface area contributed by atoms with Gasteiger partial charge in [-0.1, -0.05) is 30.3 Å². The van der Waals surface area contributed by atoms with E-state index in [0.29, 0.717) is 13.0 Å². The quantitative estimate of drug-likeness (QED) is 0.833. The number of aromatic carboxylic acids is 1. The van der Waals surface area contributed by atoms with Crippen molar-refractivity contribution in [2.75, 3.05) is 18.5 Å². The van der Waals surface area contributed by atoms with Gasteiger partial charge in [0.05, 0.1) is 5.56 Å². The number of carbonyl (C=O) groups excluding carboxylic acids is 2. The van der Waals surface area contributed by atoms with Crippen molar-refractivity contribution < 1.29 is 19.5 Å². The van der Waals surface area contributed by atoms with Crippen molar-refractivity contribution in [3.05, 3.63) is 65.7 Å². The molecule has 1 saturated heterocycles. The Bertz CT molecular complexity index is 852. The fourth-order valence-electron chi connectivity index (χ4n) is 3.29. The highest BCUT2D eigenvalue weighted by Crippen LogP contribution is 2.23. The third-order valence-corrected chi connectivity index (χ3v) is 4.91. The van der Waals surface area contributed by atoms with Crippen LogP contribution >= 0.6 is 0 Å². The number of anilines is 1. The van der Waals surface area contributed by atoms with Crippen LogP contribution in [0.3, 0.4) is 0 Å². The third kappa shape index (κ3) is 4.31. The molecule has 0 radical (unpaired) electrons. The van der Waals surface area contributed by atoms with Crippen LogP contribution < -0.4 is 10.2 Å². The number of hydrogen-bond acceptors (Lipinski definition) is 3. The number of benzene rings is 2. The molecule has 1 fully saturated rings. The highest BCUT2D eigenvalue weighted by molar-refractivity contribution is 5.99. The molecule has 1 aliphatic rings. The summed E-state index contributed by atoms with van der Waals surface area (Å²) in [6.07, 6.45) is 1.44. The van der Waals surface area contributed by atoms with Crippen LogP contribution in [-0.2, 0) is 11.3 Å². The molecule has 1 unspecified atom stereocenters. The molecule has 2 N–H and O–H groups in total. The Morgan fingerprint density at radius 3 is 2.46 bits per heavy atom. The number of likely N-dealkylation sites (N-methyl/N-ethyl adjacent to an activating group) is 1. The van der Waals surface area contributed by atoms with Gasteiger partial charge in [-0.25, -0.2) is 9.59 Å². The van der Waals surface area contributed by atoms with Gasteiger partial charge in [0.1, 0.15) is 6.04 Å². The summed E-state index contributed by atoms with van der Waals surface area (Å²) < 4.78 is 0. The summed E-state index contributed by atoms with van der Waals surface area (Å²) in [5.74, 6) is -1.07. The summed E-state index contributed by atoms with van der Waals surface area (Å²) >= 11 is 0. The van der Waals surface area contributed by atoms with Gasteiger partial charge in [0.15, 0.2) is 0 Å². The Labute approximate surface area is 163 Å². The number of para-hydroxylation sites is 1. The molecule has 3 amide bonds. The predicted molar refractivity (Wildman–Crippen MR) is 105 cm³/mol. The van der Waals surface area contributed by atoms with Crippen molar-refractivity contribution in [1.29, 1.82) is 0 Å². The molecule has 0 aromatic heterocycles. The van der Waals surface area contributed by atoms with Crippen LogP contribution in [0.4, 0.5) is 10.5 Å². The number of carboxylic acid groups (broad SMARTS) is 1. The molecule has 7 nitrogen and oxygen atoms in total. The molecule has 0 bridgehead atoms. The van der Waals surface area contributed by atoms with Gasteiger partial charge in [0, 0.05) is 25.8 Å². The molecule has 1 heterocycles. The number of nitrogens with zero attached hydrogens (tertiary/aromatic N) is 2. The standard InChI is InChI=1S/C21H23N3O4/c1-23(21(28)22-14-15-9-11-16(12-10-15)20(26)27)18-8-5-13-24(19(18)25)17-6-3-2-4-7-17/h2-4,6-7,9-12,18H,5,8,13-14H2,1H3,(H,22,28)(H,26,27). The Balaban J connectivity index is 1.60. The van der Waals surface area contributed by atoms with E-state index in [1.54, 1.807) is 24.1 Å². The minimum absolute atomic E-state index is 0.0825. The minimum atomic E-state index is -0.992. The van der Waals surface area contributed by atoms with E-state index in [4.69, 9.17) is 5.11 Å². The van der Waals surface area contributed by atoms with Crippen LogP contribution in [0.2, 0.25) is 0 Å². The second-order valence-electron chi connectivity index (χ2n) is 6.76. The van der Waals surface area contributed by atoms with Crippen molar-refractivity contribution >= 4 is 23.6 Å². The molecular formula is C21H23N3O4. The monoisotopic (exact) mass is 381 g/mol.